The van der Waals surface area contributed by atoms with Gasteiger partial charge in [-0.15, -0.1) is 11.3 Å². The highest BCUT2D eigenvalue weighted by Crippen LogP contribution is 2.22. The lowest BCUT2D eigenvalue weighted by atomic mass is 10.2. The van der Waals surface area contributed by atoms with E-state index in [1.807, 2.05) is 26.2 Å². The van der Waals surface area contributed by atoms with E-state index in [0.717, 1.165) is 6.92 Å². The van der Waals surface area contributed by atoms with Crippen LogP contribution in [0, 0.1) is 0 Å². The molecule has 0 atom stereocenters. The fraction of sp³-hybridized carbons (Fsp3) is 0.455. The minimum absolute atomic E-state index is 0.163. The first kappa shape index (κ1) is 16.2. The number of nitrogens with zero attached hydrogens (tertiary/aromatic N) is 1. The fourth-order valence-corrected chi connectivity index (χ4v) is 1.55. The number of hydrogen-bond acceptors (Lipinski definition) is 6. The monoisotopic (exact) mass is 274 g/mol. The maximum atomic E-state index is 9.00. The second-order valence-electron chi connectivity index (χ2n) is 4.34. The normalized spacial score (nSPS) is 11.4. The molecule has 6 nitrogen and oxygen atoms in total. The third kappa shape index (κ3) is 6.74. The molecule has 0 bridgehead atoms. The standard InChI is InChI=1S/C9H14N2O2S.C2H4O2/c1-9(2,3)13-8(11-12)6-4-5-14-7(6)10;1-2(3)4/h4-5,12H,10H2,1-3H3;1H3,(H,3,4). The van der Waals surface area contributed by atoms with Gasteiger partial charge in [0.15, 0.2) is 0 Å². The molecule has 18 heavy (non-hydrogen) atoms. The summed E-state index contributed by atoms with van der Waals surface area (Å²) in [7, 11) is 0. The number of hydrogen-bond donors (Lipinski definition) is 3. The zero-order valence-corrected chi connectivity index (χ0v) is 11.6. The number of nitrogen functional groups attached to an aromatic ring is 1. The number of carboxylic acid groups (broad SMARTS) is 1. The lowest BCUT2D eigenvalue weighted by Gasteiger charge is -2.21. The molecule has 0 aliphatic rings. The summed E-state index contributed by atoms with van der Waals surface area (Å²) in [6.45, 7) is 6.71. The fourth-order valence-electron chi connectivity index (χ4n) is 0.917. The molecule has 0 amide bonds. The number of ether oxygens (including phenoxy) is 1. The van der Waals surface area contributed by atoms with Gasteiger partial charge < -0.3 is 20.8 Å². The van der Waals surface area contributed by atoms with Gasteiger partial charge in [0.2, 0.25) is 0 Å². The maximum absolute atomic E-state index is 9.00. The van der Waals surface area contributed by atoms with Gasteiger partial charge >= 0.3 is 0 Å². The molecule has 0 unspecified atom stereocenters. The second-order valence-corrected chi connectivity index (χ2v) is 5.28. The highest BCUT2D eigenvalue weighted by molar-refractivity contribution is 7.14. The molecule has 1 heterocycles. The van der Waals surface area contributed by atoms with Crippen molar-refractivity contribution in [1.82, 2.24) is 0 Å². The zero-order chi connectivity index (χ0) is 14.3. The van der Waals surface area contributed by atoms with Gasteiger partial charge in [-0.25, -0.2) is 0 Å². The minimum Gasteiger partial charge on any atom is -0.481 e. The molecule has 0 saturated heterocycles. The first-order valence-electron chi connectivity index (χ1n) is 5.11. The van der Waals surface area contributed by atoms with E-state index >= 15 is 0 Å². The number of thiophene rings is 1. The Morgan fingerprint density at radius 2 is 2.00 bits per heavy atom. The summed E-state index contributed by atoms with van der Waals surface area (Å²) in [4.78, 5) is 9.00. The molecule has 0 fully saturated rings. The van der Waals surface area contributed by atoms with Gasteiger partial charge in [0.05, 0.1) is 10.6 Å². The number of aliphatic carboxylic acids is 1. The van der Waals surface area contributed by atoms with E-state index in [0.29, 0.717) is 10.6 Å². The Labute approximate surface area is 110 Å². The molecule has 0 aliphatic carbocycles. The number of anilines is 1. The van der Waals surface area contributed by atoms with E-state index in [-0.39, 0.29) is 5.90 Å². The molecule has 102 valence electrons. The van der Waals surface area contributed by atoms with Crippen LogP contribution in [0.1, 0.15) is 33.3 Å². The molecule has 1 aromatic heterocycles. The third-order valence-corrected chi connectivity index (χ3v) is 2.17. The molecule has 0 spiro atoms. The van der Waals surface area contributed by atoms with Gasteiger partial charge in [-0.1, -0.05) is 0 Å². The second kappa shape index (κ2) is 6.85. The Morgan fingerprint density at radius 1 is 1.50 bits per heavy atom. The number of nitrogens with two attached hydrogens (primary N) is 1. The Balaban J connectivity index is 0.000000631. The Kier molecular flexibility index (Phi) is 6.18. The van der Waals surface area contributed by atoms with Crippen molar-refractivity contribution in [3.63, 3.8) is 0 Å². The predicted molar refractivity (Wildman–Crippen MR) is 71.2 cm³/mol. The molecule has 0 aliphatic heterocycles. The summed E-state index contributed by atoms with van der Waals surface area (Å²) < 4.78 is 5.44. The summed E-state index contributed by atoms with van der Waals surface area (Å²) >= 11 is 1.38. The molecule has 7 heteroatoms. The van der Waals surface area contributed by atoms with Gasteiger partial charge in [-0.05, 0) is 37.4 Å². The van der Waals surface area contributed by atoms with Crippen molar-refractivity contribution in [2.24, 2.45) is 5.16 Å². The van der Waals surface area contributed by atoms with Crippen LogP contribution >= 0.6 is 11.3 Å². The van der Waals surface area contributed by atoms with Crippen molar-refractivity contribution in [3.8, 4) is 0 Å². The van der Waals surface area contributed by atoms with Gasteiger partial charge in [-0.2, -0.15) is 0 Å². The molecule has 1 rings (SSSR count). The average Bonchev–Trinajstić information content (AvgIpc) is 2.58. The van der Waals surface area contributed by atoms with Crippen molar-refractivity contribution in [1.29, 1.82) is 0 Å². The van der Waals surface area contributed by atoms with Crippen LogP contribution in [0.25, 0.3) is 0 Å². The molecule has 1 aromatic rings. The third-order valence-electron chi connectivity index (χ3n) is 1.42. The predicted octanol–water partition coefficient (Wildman–Crippen LogP) is 2.37. The number of rotatable bonds is 1. The molecule has 0 aromatic carbocycles. The van der Waals surface area contributed by atoms with E-state index < -0.39 is 11.6 Å². The van der Waals surface area contributed by atoms with Crippen LogP contribution in [-0.2, 0) is 9.53 Å². The van der Waals surface area contributed by atoms with E-state index in [4.69, 9.17) is 25.6 Å². The highest BCUT2D eigenvalue weighted by atomic mass is 32.1. The summed E-state index contributed by atoms with van der Waals surface area (Å²) in [6.07, 6.45) is 0. The van der Waals surface area contributed by atoms with Crippen LogP contribution in [0.3, 0.4) is 0 Å². The number of carbonyl (C=O) groups is 1. The molecule has 0 radical (unpaired) electrons. The molecular weight excluding hydrogens is 256 g/mol. The topological polar surface area (TPSA) is 105 Å². The van der Waals surface area contributed by atoms with Crippen molar-refractivity contribution in [2.75, 3.05) is 5.73 Å². The number of carboxylic acids is 1. The van der Waals surface area contributed by atoms with Gasteiger partial charge in [0.1, 0.15) is 5.60 Å². The van der Waals surface area contributed by atoms with Gasteiger partial charge in [0, 0.05) is 6.92 Å². The summed E-state index contributed by atoms with van der Waals surface area (Å²) in [5.74, 6) is -0.670. The van der Waals surface area contributed by atoms with Gasteiger partial charge in [-0.3, -0.25) is 4.79 Å². The lowest BCUT2D eigenvalue weighted by molar-refractivity contribution is -0.134. The van der Waals surface area contributed by atoms with Crippen LogP contribution in [-0.4, -0.2) is 27.8 Å². The Hall–Kier alpha value is -1.76. The van der Waals surface area contributed by atoms with Crippen LogP contribution < -0.4 is 5.73 Å². The Bertz CT molecular complexity index is 417. The van der Waals surface area contributed by atoms with Crippen LogP contribution in [0.4, 0.5) is 5.00 Å². The quantitative estimate of drug-likeness (QED) is 0.315. The first-order chi connectivity index (χ1) is 8.17. The zero-order valence-electron chi connectivity index (χ0n) is 10.8. The minimum atomic E-state index is -0.833. The summed E-state index contributed by atoms with van der Waals surface area (Å²) in [5.41, 5.74) is 5.91. The van der Waals surface area contributed by atoms with Crippen molar-refractivity contribution >= 4 is 28.2 Å². The van der Waals surface area contributed by atoms with E-state index in [1.54, 1.807) is 6.07 Å². The highest BCUT2D eigenvalue weighted by Gasteiger charge is 2.19. The first-order valence-corrected chi connectivity index (χ1v) is 5.99. The van der Waals surface area contributed by atoms with Crippen molar-refractivity contribution in [2.45, 2.75) is 33.3 Å². The maximum Gasteiger partial charge on any atom is 0.300 e. The van der Waals surface area contributed by atoms with Crippen molar-refractivity contribution < 1.29 is 19.8 Å². The molecular formula is C11H18N2O4S. The van der Waals surface area contributed by atoms with E-state index in [9.17, 15) is 0 Å². The summed E-state index contributed by atoms with van der Waals surface area (Å²) in [6, 6.07) is 1.76. The lowest BCUT2D eigenvalue weighted by Crippen LogP contribution is -2.24. The largest absolute Gasteiger partial charge is 0.481 e. The van der Waals surface area contributed by atoms with Gasteiger partial charge in [0.25, 0.3) is 11.9 Å². The average molecular weight is 274 g/mol. The smallest absolute Gasteiger partial charge is 0.300 e. The van der Waals surface area contributed by atoms with Crippen LogP contribution in [0.2, 0.25) is 0 Å². The SMILES string of the molecule is CC(=O)O.CC(C)(C)OC(=NO)c1ccsc1N. The number of oxime groups is 1. The van der Waals surface area contributed by atoms with Crippen LogP contribution in [0.5, 0.6) is 0 Å². The Morgan fingerprint density at radius 3 is 2.28 bits per heavy atom. The molecule has 0 saturated carbocycles. The van der Waals surface area contributed by atoms with Crippen LogP contribution in [0.15, 0.2) is 16.6 Å². The molecule has 4 N–H and O–H groups in total. The van der Waals surface area contributed by atoms with E-state index in [2.05, 4.69) is 5.16 Å². The van der Waals surface area contributed by atoms with Crippen molar-refractivity contribution in [3.05, 3.63) is 17.0 Å². The van der Waals surface area contributed by atoms with E-state index in [1.165, 1.54) is 11.3 Å². The summed E-state index contributed by atoms with van der Waals surface area (Å²) in [5, 5.41) is 21.7.